The van der Waals surface area contributed by atoms with E-state index in [9.17, 15) is 18.0 Å². The standard InChI is InChI=1S/C16H13F3N2O/c17-16(18,19)13-8-6-12(7-9-13)14(20)15(22)21-10-11-4-2-1-3-5-11/h1-9,20H,10H2,(H,21,22). The van der Waals surface area contributed by atoms with E-state index in [2.05, 4.69) is 5.32 Å². The number of amides is 1. The second-order valence-electron chi connectivity index (χ2n) is 4.62. The van der Waals surface area contributed by atoms with E-state index in [4.69, 9.17) is 5.41 Å². The second-order valence-corrected chi connectivity index (χ2v) is 4.62. The molecule has 0 aliphatic rings. The highest BCUT2D eigenvalue weighted by Crippen LogP contribution is 2.29. The molecule has 2 rings (SSSR count). The summed E-state index contributed by atoms with van der Waals surface area (Å²) in [5.41, 5.74) is -0.173. The van der Waals surface area contributed by atoms with Crippen LogP contribution in [0, 0.1) is 5.41 Å². The zero-order valence-electron chi connectivity index (χ0n) is 11.4. The number of carbonyl (C=O) groups is 1. The van der Waals surface area contributed by atoms with Crippen LogP contribution in [0.4, 0.5) is 13.2 Å². The zero-order valence-corrected chi connectivity index (χ0v) is 11.4. The Hall–Kier alpha value is -2.63. The van der Waals surface area contributed by atoms with Crippen LogP contribution in [0.25, 0.3) is 0 Å². The van der Waals surface area contributed by atoms with Crippen molar-refractivity contribution in [3.63, 3.8) is 0 Å². The molecule has 0 aromatic heterocycles. The van der Waals surface area contributed by atoms with Gasteiger partial charge in [-0.1, -0.05) is 42.5 Å². The monoisotopic (exact) mass is 306 g/mol. The largest absolute Gasteiger partial charge is 0.416 e. The molecule has 2 aromatic rings. The topological polar surface area (TPSA) is 53.0 Å². The summed E-state index contributed by atoms with van der Waals surface area (Å²) in [5.74, 6) is -0.636. The normalized spacial score (nSPS) is 11.0. The van der Waals surface area contributed by atoms with Crippen LogP contribution in [0.2, 0.25) is 0 Å². The minimum Gasteiger partial charge on any atom is -0.347 e. The third kappa shape index (κ3) is 3.94. The number of alkyl halides is 3. The molecule has 0 radical (unpaired) electrons. The van der Waals surface area contributed by atoms with E-state index in [0.29, 0.717) is 0 Å². The first-order chi connectivity index (χ1) is 10.4. The van der Waals surface area contributed by atoms with E-state index >= 15 is 0 Å². The van der Waals surface area contributed by atoms with Gasteiger partial charge in [0, 0.05) is 12.1 Å². The maximum atomic E-state index is 12.5. The first-order valence-corrected chi connectivity index (χ1v) is 6.46. The van der Waals surface area contributed by atoms with Gasteiger partial charge in [-0.25, -0.2) is 0 Å². The average molecular weight is 306 g/mol. The van der Waals surface area contributed by atoms with Crippen molar-refractivity contribution >= 4 is 11.6 Å². The minimum atomic E-state index is -4.43. The SMILES string of the molecule is N=C(C(=O)NCc1ccccc1)c1ccc(C(F)(F)F)cc1. The second kappa shape index (κ2) is 6.43. The van der Waals surface area contributed by atoms with Gasteiger partial charge in [-0.05, 0) is 17.7 Å². The number of hydrogen-bond donors (Lipinski definition) is 2. The fraction of sp³-hybridized carbons (Fsp3) is 0.125. The molecule has 114 valence electrons. The molecular weight excluding hydrogens is 293 g/mol. The van der Waals surface area contributed by atoms with Gasteiger partial charge >= 0.3 is 6.18 Å². The highest BCUT2D eigenvalue weighted by atomic mass is 19.4. The maximum Gasteiger partial charge on any atom is 0.416 e. The molecule has 0 fully saturated rings. The Morgan fingerprint density at radius 2 is 1.59 bits per heavy atom. The molecule has 0 aliphatic carbocycles. The molecule has 2 N–H and O–H groups in total. The molecule has 1 amide bonds. The number of hydrogen-bond acceptors (Lipinski definition) is 2. The molecule has 0 bridgehead atoms. The quantitative estimate of drug-likeness (QED) is 0.836. The fourth-order valence-electron chi connectivity index (χ4n) is 1.82. The van der Waals surface area contributed by atoms with Crippen LogP contribution < -0.4 is 5.32 Å². The molecule has 0 saturated heterocycles. The van der Waals surface area contributed by atoms with E-state index in [1.165, 1.54) is 0 Å². The van der Waals surface area contributed by atoms with Crippen LogP contribution >= 0.6 is 0 Å². The Morgan fingerprint density at radius 3 is 2.14 bits per heavy atom. The predicted molar refractivity (Wildman–Crippen MR) is 76.6 cm³/mol. The number of rotatable bonds is 4. The van der Waals surface area contributed by atoms with Gasteiger partial charge < -0.3 is 5.32 Å². The molecular formula is C16H13F3N2O. The molecule has 6 heteroatoms. The Balaban J connectivity index is 2.00. The van der Waals surface area contributed by atoms with E-state index in [0.717, 1.165) is 29.8 Å². The van der Waals surface area contributed by atoms with Crippen molar-refractivity contribution in [2.45, 2.75) is 12.7 Å². The van der Waals surface area contributed by atoms with Crippen molar-refractivity contribution in [2.24, 2.45) is 0 Å². The van der Waals surface area contributed by atoms with Gasteiger partial charge in [-0.15, -0.1) is 0 Å². The lowest BCUT2D eigenvalue weighted by Gasteiger charge is -2.09. The number of benzene rings is 2. The summed E-state index contributed by atoms with van der Waals surface area (Å²) < 4.78 is 37.4. The Labute approximate surface area is 125 Å². The van der Waals surface area contributed by atoms with Gasteiger partial charge in [-0.2, -0.15) is 13.2 Å². The molecule has 0 saturated carbocycles. The molecule has 22 heavy (non-hydrogen) atoms. The van der Waals surface area contributed by atoms with Gasteiger partial charge in [0.2, 0.25) is 0 Å². The maximum absolute atomic E-state index is 12.5. The van der Waals surface area contributed by atoms with Crippen molar-refractivity contribution in [1.29, 1.82) is 5.41 Å². The summed E-state index contributed by atoms with van der Waals surface area (Å²) in [6, 6.07) is 13.1. The number of carbonyl (C=O) groups excluding carboxylic acids is 1. The fourth-order valence-corrected chi connectivity index (χ4v) is 1.82. The lowest BCUT2D eigenvalue weighted by atomic mass is 10.1. The first kappa shape index (κ1) is 15.8. The summed E-state index contributed by atoms with van der Waals surface area (Å²) in [7, 11) is 0. The van der Waals surface area contributed by atoms with Gasteiger partial charge in [0.1, 0.15) is 5.71 Å². The van der Waals surface area contributed by atoms with E-state index in [1.54, 1.807) is 0 Å². The zero-order chi connectivity index (χ0) is 16.2. The lowest BCUT2D eigenvalue weighted by molar-refractivity contribution is -0.137. The van der Waals surface area contributed by atoms with E-state index in [1.807, 2.05) is 30.3 Å². The van der Waals surface area contributed by atoms with E-state index in [-0.39, 0.29) is 17.8 Å². The first-order valence-electron chi connectivity index (χ1n) is 6.46. The molecule has 0 heterocycles. The minimum absolute atomic E-state index is 0.138. The average Bonchev–Trinajstić information content (AvgIpc) is 2.52. The molecule has 3 nitrogen and oxygen atoms in total. The van der Waals surface area contributed by atoms with Crippen molar-refractivity contribution in [3.05, 3.63) is 71.3 Å². The van der Waals surface area contributed by atoms with Crippen LogP contribution in [0.5, 0.6) is 0 Å². The summed E-state index contributed by atoms with van der Waals surface area (Å²) in [6.07, 6.45) is -4.43. The summed E-state index contributed by atoms with van der Waals surface area (Å²) in [5, 5.41) is 10.3. The van der Waals surface area contributed by atoms with Gasteiger partial charge in [0.25, 0.3) is 5.91 Å². The van der Waals surface area contributed by atoms with Crippen LogP contribution in [-0.4, -0.2) is 11.6 Å². The summed E-state index contributed by atoms with van der Waals surface area (Å²) >= 11 is 0. The molecule has 0 spiro atoms. The summed E-state index contributed by atoms with van der Waals surface area (Å²) in [4.78, 5) is 11.8. The number of nitrogens with one attached hydrogen (secondary N) is 2. The molecule has 0 unspecified atom stereocenters. The van der Waals surface area contributed by atoms with Crippen LogP contribution in [0.1, 0.15) is 16.7 Å². The van der Waals surface area contributed by atoms with Crippen LogP contribution in [-0.2, 0) is 17.5 Å². The van der Waals surface area contributed by atoms with E-state index < -0.39 is 17.6 Å². The highest BCUT2D eigenvalue weighted by molar-refractivity contribution is 6.44. The van der Waals surface area contributed by atoms with Crippen molar-refractivity contribution in [1.82, 2.24) is 5.32 Å². The molecule has 2 aromatic carbocycles. The molecule has 0 aliphatic heterocycles. The highest BCUT2D eigenvalue weighted by Gasteiger charge is 2.30. The van der Waals surface area contributed by atoms with Gasteiger partial charge in [0.15, 0.2) is 0 Å². The summed E-state index contributed by atoms with van der Waals surface area (Å²) in [6.45, 7) is 0.253. The Bertz CT molecular complexity index is 664. The Morgan fingerprint density at radius 1 is 1.00 bits per heavy atom. The third-order valence-corrected chi connectivity index (χ3v) is 3.02. The smallest absolute Gasteiger partial charge is 0.347 e. The van der Waals surface area contributed by atoms with Gasteiger partial charge in [0.05, 0.1) is 5.56 Å². The molecule has 0 atom stereocenters. The number of halogens is 3. The van der Waals surface area contributed by atoms with Crippen molar-refractivity contribution in [2.75, 3.05) is 0 Å². The van der Waals surface area contributed by atoms with Crippen molar-refractivity contribution < 1.29 is 18.0 Å². The van der Waals surface area contributed by atoms with Crippen molar-refractivity contribution in [3.8, 4) is 0 Å². The van der Waals surface area contributed by atoms with Crippen LogP contribution in [0.15, 0.2) is 54.6 Å². The van der Waals surface area contributed by atoms with Crippen LogP contribution in [0.3, 0.4) is 0 Å². The third-order valence-electron chi connectivity index (χ3n) is 3.02. The Kier molecular flexibility index (Phi) is 4.60. The van der Waals surface area contributed by atoms with Gasteiger partial charge in [-0.3, -0.25) is 10.2 Å². The lowest BCUT2D eigenvalue weighted by Crippen LogP contribution is -2.30. The predicted octanol–water partition coefficient (Wildman–Crippen LogP) is 3.39.